The fourth-order valence-electron chi connectivity index (χ4n) is 2.53. The molecule has 0 saturated heterocycles. The fourth-order valence-corrected chi connectivity index (χ4v) is 2.53. The molecule has 2 nitrogen and oxygen atoms in total. The highest BCUT2D eigenvalue weighted by Gasteiger charge is 2.39. The van der Waals surface area contributed by atoms with Gasteiger partial charge in [0.1, 0.15) is 17.2 Å². The first-order valence-corrected chi connectivity index (χ1v) is 6.45. The lowest BCUT2D eigenvalue weighted by Gasteiger charge is -2.40. The van der Waals surface area contributed by atoms with Crippen molar-refractivity contribution in [2.45, 2.75) is 32.3 Å². The number of hydrogen-bond donors (Lipinski definition) is 1. The molecular weight excluding hydrogens is 250 g/mol. The summed E-state index contributed by atoms with van der Waals surface area (Å²) in [6, 6.07) is 3.52. The van der Waals surface area contributed by atoms with Gasteiger partial charge in [-0.25, -0.2) is 8.78 Å². The highest BCUT2D eigenvalue weighted by molar-refractivity contribution is 5.66. The highest BCUT2D eigenvalue weighted by atomic mass is 19.1. The molecule has 4 heteroatoms. The van der Waals surface area contributed by atoms with Gasteiger partial charge in [-0.2, -0.15) is 0 Å². The summed E-state index contributed by atoms with van der Waals surface area (Å²) in [5.74, 6) is -1.12. The Hall–Kier alpha value is -1.42. The Kier molecular flexibility index (Phi) is 3.90. The average Bonchev–Trinajstić information content (AvgIpc) is 2.39. The highest BCUT2D eigenvalue weighted by Crippen LogP contribution is 2.39. The Bertz CT molecular complexity index is 493. The molecule has 2 rings (SSSR count). The molecule has 2 unspecified atom stereocenters. The molecule has 0 aliphatic carbocycles. The Labute approximate surface area is 111 Å². The second-order valence-electron chi connectivity index (χ2n) is 5.07. The van der Waals surface area contributed by atoms with E-state index >= 15 is 0 Å². The lowest BCUT2D eigenvalue weighted by Crippen LogP contribution is -2.43. The van der Waals surface area contributed by atoms with Gasteiger partial charge in [0.25, 0.3) is 0 Å². The minimum atomic E-state index is -0.597. The number of aliphatic hydroxyl groups is 1. The SMILES string of the molecule is CCC1(CO)OC=C(c2ccc(F)cc2F)CC1C. The maximum absolute atomic E-state index is 13.7. The van der Waals surface area contributed by atoms with Crippen LogP contribution >= 0.6 is 0 Å². The third-order valence-corrected chi connectivity index (χ3v) is 4.00. The zero-order valence-corrected chi connectivity index (χ0v) is 11.1. The van der Waals surface area contributed by atoms with Gasteiger partial charge in [0.2, 0.25) is 0 Å². The van der Waals surface area contributed by atoms with Crippen molar-refractivity contribution in [1.82, 2.24) is 0 Å². The van der Waals surface area contributed by atoms with Gasteiger partial charge >= 0.3 is 0 Å². The number of benzene rings is 1. The summed E-state index contributed by atoms with van der Waals surface area (Å²) in [5.41, 5.74) is 0.457. The van der Waals surface area contributed by atoms with Crippen molar-refractivity contribution >= 4 is 5.57 Å². The predicted molar refractivity (Wildman–Crippen MR) is 69.3 cm³/mol. The number of allylic oxidation sites excluding steroid dienone is 1. The van der Waals surface area contributed by atoms with Crippen LogP contribution in [-0.2, 0) is 4.74 Å². The molecule has 0 aromatic heterocycles. The van der Waals surface area contributed by atoms with Crippen LogP contribution in [0.1, 0.15) is 32.3 Å². The molecule has 0 radical (unpaired) electrons. The summed E-state index contributed by atoms with van der Waals surface area (Å²) < 4.78 is 32.3. The Morgan fingerprint density at radius 3 is 2.68 bits per heavy atom. The summed E-state index contributed by atoms with van der Waals surface area (Å²) in [7, 11) is 0. The molecule has 0 saturated carbocycles. The monoisotopic (exact) mass is 268 g/mol. The van der Waals surface area contributed by atoms with E-state index in [1.807, 2.05) is 13.8 Å². The van der Waals surface area contributed by atoms with Gasteiger partial charge in [-0.3, -0.25) is 0 Å². The van der Waals surface area contributed by atoms with Crippen molar-refractivity contribution in [2.75, 3.05) is 6.61 Å². The van der Waals surface area contributed by atoms with E-state index in [1.54, 1.807) is 0 Å². The predicted octanol–water partition coefficient (Wildman–Crippen LogP) is 3.50. The van der Waals surface area contributed by atoms with Crippen LogP contribution in [0.25, 0.3) is 5.57 Å². The van der Waals surface area contributed by atoms with E-state index in [4.69, 9.17) is 4.74 Å². The second kappa shape index (κ2) is 5.29. The quantitative estimate of drug-likeness (QED) is 0.909. The Morgan fingerprint density at radius 2 is 2.16 bits per heavy atom. The molecule has 1 aliphatic rings. The number of halogens is 2. The Balaban J connectivity index is 2.31. The van der Waals surface area contributed by atoms with Crippen LogP contribution in [0.15, 0.2) is 24.5 Å². The molecule has 1 heterocycles. The summed E-state index contributed by atoms with van der Waals surface area (Å²) in [6.45, 7) is 3.85. The zero-order chi connectivity index (χ0) is 14.0. The second-order valence-corrected chi connectivity index (χ2v) is 5.07. The lowest BCUT2D eigenvalue weighted by molar-refractivity contribution is -0.0751. The maximum Gasteiger partial charge on any atom is 0.134 e. The van der Waals surface area contributed by atoms with Gasteiger partial charge < -0.3 is 9.84 Å². The zero-order valence-electron chi connectivity index (χ0n) is 11.1. The number of aliphatic hydroxyl groups excluding tert-OH is 1. The molecule has 0 spiro atoms. The van der Waals surface area contributed by atoms with Crippen molar-refractivity contribution in [2.24, 2.45) is 5.92 Å². The van der Waals surface area contributed by atoms with E-state index in [-0.39, 0.29) is 12.5 Å². The van der Waals surface area contributed by atoms with Crippen LogP contribution in [0, 0.1) is 17.6 Å². The summed E-state index contributed by atoms with van der Waals surface area (Å²) >= 11 is 0. The van der Waals surface area contributed by atoms with E-state index < -0.39 is 17.2 Å². The summed E-state index contributed by atoms with van der Waals surface area (Å²) in [4.78, 5) is 0. The van der Waals surface area contributed by atoms with Crippen molar-refractivity contribution < 1.29 is 18.6 Å². The summed E-state index contributed by atoms with van der Waals surface area (Å²) in [5, 5.41) is 9.48. The molecule has 1 N–H and O–H groups in total. The van der Waals surface area contributed by atoms with E-state index in [2.05, 4.69) is 0 Å². The molecule has 19 heavy (non-hydrogen) atoms. The normalized spacial score (nSPS) is 26.8. The van der Waals surface area contributed by atoms with Crippen LogP contribution in [0.3, 0.4) is 0 Å². The van der Waals surface area contributed by atoms with Gasteiger partial charge in [0.15, 0.2) is 0 Å². The lowest BCUT2D eigenvalue weighted by atomic mass is 9.79. The standard InChI is InChI=1S/C15H18F2O2/c1-3-15(9-18)10(2)6-11(8-19-15)13-5-4-12(16)7-14(13)17/h4-5,7-8,10,18H,3,6,9H2,1-2H3. The van der Waals surface area contributed by atoms with E-state index in [1.165, 1.54) is 18.4 Å². The van der Waals surface area contributed by atoms with Gasteiger partial charge in [0, 0.05) is 17.5 Å². The maximum atomic E-state index is 13.7. The first kappa shape index (κ1) is 14.0. The van der Waals surface area contributed by atoms with E-state index in [0.29, 0.717) is 24.0 Å². The minimum absolute atomic E-state index is 0.0620. The minimum Gasteiger partial charge on any atom is -0.492 e. The Morgan fingerprint density at radius 1 is 1.42 bits per heavy atom. The molecule has 1 aliphatic heterocycles. The van der Waals surface area contributed by atoms with Crippen LogP contribution in [0.4, 0.5) is 8.78 Å². The first-order chi connectivity index (χ1) is 9.02. The van der Waals surface area contributed by atoms with Crippen LogP contribution in [-0.4, -0.2) is 17.3 Å². The molecule has 1 aromatic carbocycles. The molecular formula is C15H18F2O2. The summed E-state index contributed by atoms with van der Waals surface area (Å²) in [6.07, 6.45) is 2.77. The fraction of sp³-hybridized carbons (Fsp3) is 0.467. The number of rotatable bonds is 3. The van der Waals surface area contributed by atoms with Crippen LogP contribution in [0.2, 0.25) is 0 Å². The van der Waals surface area contributed by atoms with Gasteiger partial charge in [-0.1, -0.05) is 13.8 Å². The molecule has 0 amide bonds. The molecule has 104 valence electrons. The number of hydrogen-bond acceptors (Lipinski definition) is 2. The molecule has 0 bridgehead atoms. The van der Waals surface area contributed by atoms with Gasteiger partial charge in [0.05, 0.1) is 12.9 Å². The van der Waals surface area contributed by atoms with Crippen molar-refractivity contribution in [3.05, 3.63) is 41.7 Å². The van der Waals surface area contributed by atoms with Crippen LogP contribution < -0.4 is 0 Å². The van der Waals surface area contributed by atoms with Crippen molar-refractivity contribution in [3.8, 4) is 0 Å². The van der Waals surface area contributed by atoms with Crippen molar-refractivity contribution in [3.63, 3.8) is 0 Å². The van der Waals surface area contributed by atoms with E-state index in [9.17, 15) is 13.9 Å². The number of ether oxygens (including phenoxy) is 1. The van der Waals surface area contributed by atoms with Gasteiger partial charge in [-0.05, 0) is 30.5 Å². The van der Waals surface area contributed by atoms with Gasteiger partial charge in [-0.15, -0.1) is 0 Å². The topological polar surface area (TPSA) is 29.5 Å². The molecule has 2 atom stereocenters. The third-order valence-electron chi connectivity index (χ3n) is 4.00. The average molecular weight is 268 g/mol. The molecule has 1 aromatic rings. The smallest absolute Gasteiger partial charge is 0.134 e. The van der Waals surface area contributed by atoms with E-state index in [0.717, 1.165) is 6.07 Å². The largest absolute Gasteiger partial charge is 0.492 e. The van der Waals surface area contributed by atoms with Crippen LogP contribution in [0.5, 0.6) is 0 Å². The molecule has 0 fully saturated rings. The van der Waals surface area contributed by atoms with Crippen molar-refractivity contribution in [1.29, 1.82) is 0 Å². The first-order valence-electron chi connectivity index (χ1n) is 6.45. The third kappa shape index (κ3) is 2.50.